The SMILES string of the molecule is Cc1cc(N2CNc3ncccc32)cc(C)c1F. The lowest BCUT2D eigenvalue weighted by Crippen LogP contribution is -2.16. The molecule has 3 rings (SSSR count). The monoisotopic (exact) mass is 243 g/mol. The summed E-state index contributed by atoms with van der Waals surface area (Å²) in [5.41, 5.74) is 3.36. The molecule has 0 spiro atoms. The third kappa shape index (κ3) is 1.61. The zero-order chi connectivity index (χ0) is 12.7. The molecule has 2 heterocycles. The van der Waals surface area contributed by atoms with Crippen molar-refractivity contribution in [1.82, 2.24) is 4.98 Å². The maximum absolute atomic E-state index is 13.6. The van der Waals surface area contributed by atoms with E-state index in [4.69, 9.17) is 0 Å². The van der Waals surface area contributed by atoms with E-state index in [1.54, 1.807) is 20.0 Å². The Morgan fingerprint density at radius 2 is 2.00 bits per heavy atom. The Morgan fingerprint density at radius 1 is 1.28 bits per heavy atom. The summed E-state index contributed by atoms with van der Waals surface area (Å²) in [4.78, 5) is 6.37. The van der Waals surface area contributed by atoms with E-state index in [2.05, 4.69) is 15.2 Å². The maximum Gasteiger partial charge on any atom is 0.151 e. The van der Waals surface area contributed by atoms with Gasteiger partial charge in [0.15, 0.2) is 5.82 Å². The third-order valence-corrected chi connectivity index (χ3v) is 3.21. The molecular weight excluding hydrogens is 229 g/mol. The zero-order valence-electron chi connectivity index (χ0n) is 10.4. The number of nitrogens with zero attached hydrogens (tertiary/aromatic N) is 2. The van der Waals surface area contributed by atoms with Crippen LogP contribution in [0.3, 0.4) is 0 Å². The molecule has 0 aliphatic carbocycles. The number of nitrogens with one attached hydrogen (secondary N) is 1. The molecule has 0 saturated carbocycles. The van der Waals surface area contributed by atoms with Gasteiger partial charge in [0.2, 0.25) is 0 Å². The molecular formula is C14H14FN3. The van der Waals surface area contributed by atoms with E-state index < -0.39 is 0 Å². The van der Waals surface area contributed by atoms with Crippen molar-refractivity contribution in [1.29, 1.82) is 0 Å². The van der Waals surface area contributed by atoms with Gasteiger partial charge in [-0.1, -0.05) is 0 Å². The Labute approximate surface area is 105 Å². The summed E-state index contributed by atoms with van der Waals surface area (Å²) >= 11 is 0. The van der Waals surface area contributed by atoms with Gasteiger partial charge in [-0.05, 0) is 49.2 Å². The van der Waals surface area contributed by atoms with Crippen LogP contribution in [0.5, 0.6) is 0 Å². The maximum atomic E-state index is 13.6. The molecule has 1 aromatic carbocycles. The van der Waals surface area contributed by atoms with E-state index in [1.807, 2.05) is 24.3 Å². The number of rotatable bonds is 1. The highest BCUT2D eigenvalue weighted by molar-refractivity contribution is 5.78. The summed E-state index contributed by atoms with van der Waals surface area (Å²) in [6.45, 7) is 4.25. The van der Waals surface area contributed by atoms with E-state index in [-0.39, 0.29) is 5.82 Å². The molecule has 18 heavy (non-hydrogen) atoms. The van der Waals surface area contributed by atoms with Gasteiger partial charge >= 0.3 is 0 Å². The van der Waals surface area contributed by atoms with Crippen LogP contribution in [0.1, 0.15) is 11.1 Å². The van der Waals surface area contributed by atoms with E-state index in [9.17, 15) is 4.39 Å². The summed E-state index contributed by atoms with van der Waals surface area (Å²) < 4.78 is 13.6. The summed E-state index contributed by atoms with van der Waals surface area (Å²) in [6, 6.07) is 7.65. The zero-order valence-corrected chi connectivity index (χ0v) is 10.4. The molecule has 0 amide bonds. The molecule has 1 aliphatic heterocycles. The minimum Gasteiger partial charge on any atom is -0.351 e. The van der Waals surface area contributed by atoms with Gasteiger partial charge in [0.1, 0.15) is 5.82 Å². The Balaban J connectivity index is 2.08. The summed E-state index contributed by atoms with van der Waals surface area (Å²) in [5, 5.41) is 3.22. The van der Waals surface area contributed by atoms with Crippen molar-refractivity contribution in [3.05, 3.63) is 47.4 Å². The molecule has 3 nitrogen and oxygen atoms in total. The van der Waals surface area contributed by atoms with Gasteiger partial charge in [-0.3, -0.25) is 0 Å². The number of aromatic nitrogens is 1. The highest BCUT2D eigenvalue weighted by atomic mass is 19.1. The average Bonchev–Trinajstić information content (AvgIpc) is 2.79. The normalized spacial score (nSPS) is 13.4. The third-order valence-electron chi connectivity index (χ3n) is 3.21. The van der Waals surface area contributed by atoms with Gasteiger partial charge in [-0.2, -0.15) is 0 Å². The first-order chi connectivity index (χ1) is 8.66. The fourth-order valence-electron chi connectivity index (χ4n) is 2.30. The predicted molar refractivity (Wildman–Crippen MR) is 70.7 cm³/mol. The second kappa shape index (κ2) is 3.98. The van der Waals surface area contributed by atoms with Crippen molar-refractivity contribution in [2.24, 2.45) is 0 Å². The molecule has 0 saturated heterocycles. The summed E-state index contributed by atoms with van der Waals surface area (Å²) in [6.07, 6.45) is 1.76. The van der Waals surface area contributed by atoms with Gasteiger partial charge in [0, 0.05) is 11.9 Å². The van der Waals surface area contributed by atoms with Crippen molar-refractivity contribution in [3.63, 3.8) is 0 Å². The number of halogens is 1. The number of aryl methyl sites for hydroxylation is 2. The number of benzene rings is 1. The number of anilines is 3. The highest BCUT2D eigenvalue weighted by Gasteiger charge is 2.21. The lowest BCUT2D eigenvalue weighted by Gasteiger charge is -2.19. The van der Waals surface area contributed by atoms with E-state index in [0.29, 0.717) is 17.8 Å². The number of hydrogen-bond acceptors (Lipinski definition) is 3. The van der Waals surface area contributed by atoms with Crippen molar-refractivity contribution < 1.29 is 4.39 Å². The molecule has 1 aliphatic rings. The quantitative estimate of drug-likeness (QED) is 0.832. The molecule has 0 radical (unpaired) electrons. The van der Waals surface area contributed by atoms with Crippen LogP contribution >= 0.6 is 0 Å². The second-order valence-corrected chi connectivity index (χ2v) is 4.53. The van der Waals surface area contributed by atoms with Crippen LogP contribution in [0.25, 0.3) is 0 Å². The van der Waals surface area contributed by atoms with Crippen molar-refractivity contribution in [3.8, 4) is 0 Å². The molecule has 92 valence electrons. The molecule has 0 fully saturated rings. The second-order valence-electron chi connectivity index (χ2n) is 4.53. The molecule has 0 atom stereocenters. The highest BCUT2D eigenvalue weighted by Crippen LogP contribution is 2.35. The van der Waals surface area contributed by atoms with Gasteiger partial charge in [0.05, 0.1) is 12.4 Å². The van der Waals surface area contributed by atoms with Gasteiger partial charge in [-0.15, -0.1) is 0 Å². The Morgan fingerprint density at radius 3 is 2.72 bits per heavy atom. The minimum atomic E-state index is -0.127. The van der Waals surface area contributed by atoms with Crippen LogP contribution in [0.2, 0.25) is 0 Å². The van der Waals surface area contributed by atoms with E-state index >= 15 is 0 Å². The molecule has 4 heteroatoms. The first-order valence-corrected chi connectivity index (χ1v) is 5.90. The number of fused-ring (bicyclic) bond motifs is 1. The fourth-order valence-corrected chi connectivity index (χ4v) is 2.30. The lowest BCUT2D eigenvalue weighted by molar-refractivity contribution is 0.609. The van der Waals surface area contributed by atoms with Crippen LogP contribution in [-0.2, 0) is 0 Å². The fraction of sp³-hybridized carbons (Fsp3) is 0.214. The van der Waals surface area contributed by atoms with Gasteiger partial charge in [0.25, 0.3) is 0 Å². The van der Waals surface area contributed by atoms with Crippen LogP contribution in [0.15, 0.2) is 30.5 Å². The molecule has 0 bridgehead atoms. The topological polar surface area (TPSA) is 28.2 Å². The Hall–Kier alpha value is -2.10. The average molecular weight is 243 g/mol. The van der Waals surface area contributed by atoms with Crippen LogP contribution in [-0.4, -0.2) is 11.7 Å². The number of pyridine rings is 1. The molecule has 1 N–H and O–H groups in total. The van der Waals surface area contributed by atoms with E-state index in [1.165, 1.54) is 0 Å². The van der Waals surface area contributed by atoms with Crippen LogP contribution in [0.4, 0.5) is 21.6 Å². The van der Waals surface area contributed by atoms with Crippen LogP contribution in [0, 0.1) is 19.7 Å². The first-order valence-electron chi connectivity index (χ1n) is 5.90. The van der Waals surface area contributed by atoms with Crippen LogP contribution < -0.4 is 10.2 Å². The first kappa shape index (κ1) is 11.0. The molecule has 1 aromatic heterocycles. The van der Waals surface area contributed by atoms with E-state index in [0.717, 1.165) is 17.2 Å². The van der Waals surface area contributed by atoms with Crippen molar-refractivity contribution in [2.45, 2.75) is 13.8 Å². The number of hydrogen-bond donors (Lipinski definition) is 1. The van der Waals surface area contributed by atoms with Gasteiger partial charge < -0.3 is 10.2 Å². The standard InChI is InChI=1S/C14H14FN3/c1-9-6-11(7-10(2)13(9)15)18-8-17-14-12(18)4-3-5-16-14/h3-7H,8H2,1-2H3,(H,16,17). The molecule has 0 unspecified atom stereocenters. The Kier molecular flexibility index (Phi) is 2.44. The predicted octanol–water partition coefficient (Wildman–Crippen LogP) is 3.36. The van der Waals surface area contributed by atoms with Crippen molar-refractivity contribution in [2.75, 3.05) is 16.9 Å². The lowest BCUT2D eigenvalue weighted by atomic mass is 10.1. The minimum absolute atomic E-state index is 0.127. The summed E-state index contributed by atoms with van der Waals surface area (Å²) in [5.74, 6) is 0.745. The molecule has 2 aromatic rings. The summed E-state index contributed by atoms with van der Waals surface area (Å²) in [7, 11) is 0. The van der Waals surface area contributed by atoms with Gasteiger partial charge in [-0.25, -0.2) is 9.37 Å². The largest absolute Gasteiger partial charge is 0.351 e. The van der Waals surface area contributed by atoms with Crippen molar-refractivity contribution >= 4 is 17.2 Å². The smallest absolute Gasteiger partial charge is 0.151 e. The Bertz CT molecular complexity index is 587.